The van der Waals surface area contributed by atoms with Crippen molar-refractivity contribution in [3.8, 4) is 11.1 Å². The topological polar surface area (TPSA) is 38.4 Å². The van der Waals surface area contributed by atoms with E-state index in [4.69, 9.17) is 10.7 Å². The maximum atomic E-state index is 6.34. The average molecular weight is 435 g/mol. The van der Waals surface area contributed by atoms with Gasteiger partial charge in [-0.1, -0.05) is 116 Å². The van der Waals surface area contributed by atoms with Gasteiger partial charge in [0.25, 0.3) is 0 Å². The van der Waals surface area contributed by atoms with Crippen molar-refractivity contribution in [1.82, 2.24) is 0 Å². The van der Waals surface area contributed by atoms with Crippen LogP contribution in [0, 0.1) is 0 Å². The van der Waals surface area contributed by atoms with Gasteiger partial charge in [0, 0.05) is 5.56 Å². The zero-order valence-electron chi connectivity index (χ0n) is 19.8. The standard InChI is InChI=1S/C31H34N2/c1-6-8-11-16-24(3)22-23-25(4)30-28(27-18-13-10-14-19-27)20-15-21-29(30)33-31(32)26(5)17-12-9-7-2/h6-21H,2-4,22-23H2,1,5H3,(H2,32,33)/b8-6-,12-9-,16-11-,26-17+. The lowest BCUT2D eigenvalue weighted by Crippen LogP contribution is -2.12. The van der Waals surface area contributed by atoms with Gasteiger partial charge in [0.1, 0.15) is 5.84 Å². The minimum atomic E-state index is 0.474. The van der Waals surface area contributed by atoms with Crippen LogP contribution < -0.4 is 5.73 Å². The fourth-order valence-electron chi connectivity index (χ4n) is 3.27. The first-order valence-electron chi connectivity index (χ1n) is 11.1. The highest BCUT2D eigenvalue weighted by molar-refractivity contribution is 6.00. The first-order valence-corrected chi connectivity index (χ1v) is 11.1. The highest BCUT2D eigenvalue weighted by Crippen LogP contribution is 2.38. The molecule has 0 aliphatic rings. The lowest BCUT2D eigenvalue weighted by atomic mass is 9.90. The van der Waals surface area contributed by atoms with Crippen LogP contribution in [0.3, 0.4) is 0 Å². The highest BCUT2D eigenvalue weighted by Gasteiger charge is 2.14. The van der Waals surface area contributed by atoms with Crippen molar-refractivity contribution in [1.29, 1.82) is 0 Å². The molecule has 2 nitrogen and oxygen atoms in total. The second-order valence-electron chi connectivity index (χ2n) is 7.68. The van der Waals surface area contributed by atoms with Crippen LogP contribution in [0.5, 0.6) is 0 Å². The molecule has 2 N–H and O–H groups in total. The SMILES string of the molecule is C=C\C=C/C=C(C)/C(N)=N/c1cccc(-c2ccccc2)c1C(=C)CCC(=C)/C=C\C=C/C. The summed E-state index contributed by atoms with van der Waals surface area (Å²) in [5, 5.41) is 0. The molecule has 0 radical (unpaired) electrons. The molecule has 168 valence electrons. The molecule has 2 rings (SSSR count). The summed E-state index contributed by atoms with van der Waals surface area (Å²) in [5.41, 5.74) is 13.3. The molecule has 0 spiro atoms. The number of nitrogens with two attached hydrogens (primary N) is 1. The summed E-state index contributed by atoms with van der Waals surface area (Å²) in [6.07, 6.45) is 17.1. The summed E-state index contributed by atoms with van der Waals surface area (Å²) >= 11 is 0. The van der Waals surface area contributed by atoms with E-state index < -0.39 is 0 Å². The number of rotatable bonds is 11. The maximum Gasteiger partial charge on any atom is 0.126 e. The summed E-state index contributed by atoms with van der Waals surface area (Å²) in [4.78, 5) is 4.79. The predicted molar refractivity (Wildman–Crippen MR) is 148 cm³/mol. The maximum absolute atomic E-state index is 6.34. The van der Waals surface area contributed by atoms with Gasteiger partial charge in [0.2, 0.25) is 0 Å². The Morgan fingerprint density at radius 3 is 2.39 bits per heavy atom. The van der Waals surface area contributed by atoms with Gasteiger partial charge < -0.3 is 5.73 Å². The number of amidine groups is 1. The van der Waals surface area contributed by atoms with Crippen molar-refractivity contribution in [3.63, 3.8) is 0 Å². The van der Waals surface area contributed by atoms with Crippen molar-refractivity contribution < 1.29 is 0 Å². The van der Waals surface area contributed by atoms with Crippen molar-refractivity contribution in [3.05, 3.63) is 134 Å². The Kier molecular flexibility index (Phi) is 10.4. The van der Waals surface area contributed by atoms with Gasteiger partial charge in [0.15, 0.2) is 0 Å². The number of allylic oxidation sites excluding steroid dienone is 10. The summed E-state index contributed by atoms with van der Waals surface area (Å²) in [5.74, 6) is 0.474. The van der Waals surface area contributed by atoms with Gasteiger partial charge in [-0.3, -0.25) is 0 Å². The van der Waals surface area contributed by atoms with Crippen molar-refractivity contribution >= 4 is 17.1 Å². The predicted octanol–water partition coefficient (Wildman–Crippen LogP) is 8.51. The number of hydrogen-bond donors (Lipinski definition) is 1. The zero-order valence-corrected chi connectivity index (χ0v) is 19.8. The third-order valence-electron chi connectivity index (χ3n) is 5.10. The Hall–Kier alpha value is -3.91. The molecule has 0 heterocycles. The number of hydrogen-bond acceptors (Lipinski definition) is 1. The molecule has 0 unspecified atom stereocenters. The third-order valence-corrected chi connectivity index (χ3v) is 5.10. The van der Waals surface area contributed by atoms with Gasteiger partial charge in [-0.05, 0) is 55.0 Å². The third kappa shape index (κ3) is 7.93. The number of benzene rings is 2. The Bertz CT molecular complexity index is 1120. The normalized spacial score (nSPS) is 12.7. The van der Waals surface area contributed by atoms with Crippen LogP contribution in [0.15, 0.2) is 133 Å². The fourth-order valence-corrected chi connectivity index (χ4v) is 3.27. The Balaban J connectivity index is 2.47. The van der Waals surface area contributed by atoms with E-state index in [1.54, 1.807) is 6.08 Å². The van der Waals surface area contributed by atoms with Crippen LogP contribution in [0.2, 0.25) is 0 Å². The molecular weight excluding hydrogens is 400 g/mol. The molecule has 0 aromatic heterocycles. The van der Waals surface area contributed by atoms with Gasteiger partial charge in [-0.2, -0.15) is 0 Å². The molecule has 0 fully saturated rings. The molecule has 2 aromatic rings. The minimum absolute atomic E-state index is 0.474. The Labute approximate surface area is 199 Å². The van der Waals surface area contributed by atoms with E-state index in [0.29, 0.717) is 5.84 Å². The molecule has 0 bridgehead atoms. The van der Waals surface area contributed by atoms with E-state index in [1.165, 1.54) is 0 Å². The van der Waals surface area contributed by atoms with Gasteiger partial charge in [-0.15, -0.1) is 0 Å². The molecule has 0 atom stereocenters. The van der Waals surface area contributed by atoms with E-state index >= 15 is 0 Å². The van der Waals surface area contributed by atoms with Gasteiger partial charge >= 0.3 is 0 Å². The van der Waals surface area contributed by atoms with Crippen LogP contribution in [0.1, 0.15) is 32.3 Å². The minimum Gasteiger partial charge on any atom is -0.383 e. The smallest absolute Gasteiger partial charge is 0.126 e. The molecular formula is C31H34N2. The highest BCUT2D eigenvalue weighted by atomic mass is 14.9. The van der Waals surface area contributed by atoms with E-state index in [9.17, 15) is 0 Å². The largest absolute Gasteiger partial charge is 0.383 e. The number of nitrogens with zero attached hydrogens (tertiary/aromatic N) is 1. The summed E-state index contributed by atoms with van der Waals surface area (Å²) < 4.78 is 0. The molecule has 33 heavy (non-hydrogen) atoms. The van der Waals surface area contributed by atoms with Crippen molar-refractivity contribution in [2.75, 3.05) is 0 Å². The molecule has 0 aliphatic heterocycles. The van der Waals surface area contributed by atoms with Crippen molar-refractivity contribution in [2.24, 2.45) is 10.7 Å². The van der Waals surface area contributed by atoms with Crippen LogP contribution in [-0.2, 0) is 0 Å². The zero-order chi connectivity index (χ0) is 24.1. The Morgan fingerprint density at radius 2 is 1.70 bits per heavy atom. The molecule has 2 aromatic carbocycles. The van der Waals surface area contributed by atoms with Gasteiger partial charge in [-0.25, -0.2) is 4.99 Å². The monoisotopic (exact) mass is 434 g/mol. The van der Waals surface area contributed by atoms with Crippen LogP contribution >= 0.6 is 0 Å². The van der Waals surface area contributed by atoms with Gasteiger partial charge in [0.05, 0.1) is 5.69 Å². The summed E-state index contributed by atoms with van der Waals surface area (Å²) in [6, 6.07) is 16.4. The second-order valence-corrected chi connectivity index (χ2v) is 7.68. The lowest BCUT2D eigenvalue weighted by Gasteiger charge is -2.16. The molecule has 2 heteroatoms. The Morgan fingerprint density at radius 1 is 0.939 bits per heavy atom. The van der Waals surface area contributed by atoms with Crippen LogP contribution in [0.4, 0.5) is 5.69 Å². The summed E-state index contributed by atoms with van der Waals surface area (Å²) in [6.45, 7) is 16.2. The first kappa shape index (κ1) is 25.4. The summed E-state index contributed by atoms with van der Waals surface area (Å²) in [7, 11) is 0. The van der Waals surface area contributed by atoms with Crippen LogP contribution in [0.25, 0.3) is 16.7 Å². The second kappa shape index (κ2) is 13.5. The molecule has 0 saturated heterocycles. The number of aliphatic imine (C=N–C) groups is 1. The first-order chi connectivity index (χ1) is 16.0. The molecule has 0 saturated carbocycles. The average Bonchev–Trinajstić information content (AvgIpc) is 2.83. The van der Waals surface area contributed by atoms with E-state index in [2.05, 4.69) is 37.9 Å². The van der Waals surface area contributed by atoms with E-state index in [1.807, 2.05) is 86.7 Å². The lowest BCUT2D eigenvalue weighted by molar-refractivity contribution is 1.03. The van der Waals surface area contributed by atoms with Crippen LogP contribution in [-0.4, -0.2) is 5.84 Å². The van der Waals surface area contributed by atoms with Crippen molar-refractivity contribution in [2.45, 2.75) is 26.7 Å². The van der Waals surface area contributed by atoms with E-state index in [-0.39, 0.29) is 0 Å². The van der Waals surface area contributed by atoms with E-state index in [0.717, 1.165) is 51.9 Å². The molecule has 0 amide bonds. The molecule has 0 aliphatic carbocycles. The fraction of sp³-hybridized carbons (Fsp3) is 0.129. The quantitative estimate of drug-likeness (QED) is 0.215.